The Hall–Kier alpha value is -1.36. The van der Waals surface area contributed by atoms with Crippen molar-refractivity contribution in [2.75, 3.05) is 0 Å². The highest BCUT2D eigenvalue weighted by atomic mass is 32.1. The van der Waals surface area contributed by atoms with E-state index in [2.05, 4.69) is 10.2 Å². The van der Waals surface area contributed by atoms with Gasteiger partial charge in [0, 0.05) is 10.3 Å². The van der Waals surface area contributed by atoms with E-state index in [0.717, 1.165) is 20.7 Å². The highest BCUT2D eigenvalue weighted by molar-refractivity contribution is 7.18. The normalized spacial score (nSPS) is 10.8. The SMILES string of the molecule is Cc1c(CC(=O)O)sc2[nH]ncc12. The lowest BCUT2D eigenvalue weighted by Gasteiger charge is -1.92. The van der Waals surface area contributed by atoms with Crippen molar-refractivity contribution in [2.24, 2.45) is 0 Å². The molecule has 0 amide bonds. The fourth-order valence-corrected chi connectivity index (χ4v) is 2.39. The van der Waals surface area contributed by atoms with Crippen molar-refractivity contribution in [3.63, 3.8) is 0 Å². The molecule has 0 radical (unpaired) electrons. The van der Waals surface area contributed by atoms with E-state index in [1.54, 1.807) is 6.20 Å². The molecule has 4 nitrogen and oxygen atoms in total. The molecule has 0 atom stereocenters. The van der Waals surface area contributed by atoms with Gasteiger partial charge in [-0.05, 0) is 12.5 Å². The molecule has 0 unspecified atom stereocenters. The molecule has 0 bridgehead atoms. The largest absolute Gasteiger partial charge is 0.481 e. The lowest BCUT2D eigenvalue weighted by atomic mass is 10.2. The number of hydrogen-bond donors (Lipinski definition) is 2. The van der Waals surface area contributed by atoms with E-state index in [4.69, 9.17) is 5.11 Å². The minimum Gasteiger partial charge on any atom is -0.481 e. The van der Waals surface area contributed by atoms with E-state index in [-0.39, 0.29) is 6.42 Å². The molecule has 0 fully saturated rings. The van der Waals surface area contributed by atoms with Crippen LogP contribution in [0.1, 0.15) is 10.4 Å². The number of aryl methyl sites for hydroxylation is 1. The predicted molar refractivity (Wildman–Crippen MR) is 50.0 cm³/mol. The Morgan fingerprint density at radius 1 is 1.77 bits per heavy atom. The van der Waals surface area contributed by atoms with E-state index < -0.39 is 5.97 Å². The Morgan fingerprint density at radius 2 is 2.54 bits per heavy atom. The molecular formula is C8H8N2O2S. The molecule has 2 N–H and O–H groups in total. The van der Waals surface area contributed by atoms with Crippen LogP contribution in [0, 0.1) is 6.92 Å². The van der Waals surface area contributed by atoms with Crippen LogP contribution in [0.2, 0.25) is 0 Å². The third-order valence-corrected chi connectivity index (χ3v) is 3.18. The zero-order chi connectivity index (χ0) is 9.42. The summed E-state index contributed by atoms with van der Waals surface area (Å²) in [5.41, 5.74) is 1.02. The lowest BCUT2D eigenvalue weighted by Crippen LogP contribution is -1.98. The number of nitrogens with zero attached hydrogens (tertiary/aromatic N) is 1. The summed E-state index contributed by atoms with van der Waals surface area (Å²) in [5, 5.41) is 16.4. The average Bonchev–Trinajstić information content (AvgIpc) is 2.56. The molecule has 13 heavy (non-hydrogen) atoms. The summed E-state index contributed by atoms with van der Waals surface area (Å²) in [6, 6.07) is 0. The number of carboxylic acid groups (broad SMARTS) is 1. The van der Waals surface area contributed by atoms with E-state index in [1.807, 2.05) is 6.92 Å². The minimum atomic E-state index is -0.792. The van der Waals surface area contributed by atoms with Crippen LogP contribution in [-0.4, -0.2) is 21.3 Å². The topological polar surface area (TPSA) is 66.0 Å². The Kier molecular flexibility index (Phi) is 1.81. The van der Waals surface area contributed by atoms with Crippen molar-refractivity contribution in [3.05, 3.63) is 16.6 Å². The lowest BCUT2D eigenvalue weighted by molar-refractivity contribution is -0.136. The molecule has 0 aliphatic heterocycles. The fraction of sp³-hybridized carbons (Fsp3) is 0.250. The number of carboxylic acids is 1. The summed E-state index contributed by atoms with van der Waals surface area (Å²) in [6.45, 7) is 1.92. The van der Waals surface area contributed by atoms with Crippen molar-refractivity contribution < 1.29 is 9.90 Å². The number of thiophene rings is 1. The Labute approximate surface area is 78.2 Å². The number of aromatic amines is 1. The Balaban J connectivity index is 2.51. The maximum Gasteiger partial charge on any atom is 0.308 e. The number of H-pyrrole nitrogens is 1. The highest BCUT2D eigenvalue weighted by Crippen LogP contribution is 2.28. The third-order valence-electron chi connectivity index (χ3n) is 1.96. The van der Waals surface area contributed by atoms with Gasteiger partial charge in [0.15, 0.2) is 0 Å². The van der Waals surface area contributed by atoms with Gasteiger partial charge in [0.2, 0.25) is 0 Å². The van der Waals surface area contributed by atoms with Crippen LogP contribution in [0.25, 0.3) is 10.2 Å². The first-order valence-corrected chi connectivity index (χ1v) is 4.63. The van der Waals surface area contributed by atoms with E-state index in [0.29, 0.717) is 0 Å². The van der Waals surface area contributed by atoms with Gasteiger partial charge in [-0.25, -0.2) is 0 Å². The number of carbonyl (C=O) groups is 1. The van der Waals surface area contributed by atoms with Crippen molar-refractivity contribution in [1.29, 1.82) is 0 Å². The second-order valence-electron chi connectivity index (χ2n) is 2.83. The van der Waals surface area contributed by atoms with Crippen molar-refractivity contribution in [3.8, 4) is 0 Å². The van der Waals surface area contributed by atoms with E-state index in [9.17, 15) is 4.79 Å². The first-order chi connectivity index (χ1) is 6.18. The standard InChI is InChI=1S/C8H8N2O2S/c1-4-5-3-9-10-8(5)13-6(4)2-7(11)12/h3H,2H2,1H3,(H,9,10)(H,11,12). The summed E-state index contributed by atoms with van der Waals surface area (Å²) in [6.07, 6.45) is 1.82. The van der Waals surface area contributed by atoms with E-state index >= 15 is 0 Å². The van der Waals surface area contributed by atoms with Crippen molar-refractivity contribution in [2.45, 2.75) is 13.3 Å². The maximum atomic E-state index is 10.5. The molecule has 0 aliphatic rings. The first-order valence-electron chi connectivity index (χ1n) is 3.81. The summed E-state index contributed by atoms with van der Waals surface area (Å²) in [4.78, 5) is 12.4. The number of aliphatic carboxylic acids is 1. The predicted octanol–water partition coefficient (Wildman–Crippen LogP) is 1.56. The molecule has 5 heteroatoms. The number of rotatable bonds is 2. The summed E-state index contributed by atoms with van der Waals surface area (Å²) < 4.78 is 0. The number of fused-ring (bicyclic) bond motifs is 1. The second kappa shape index (κ2) is 2.85. The van der Waals surface area contributed by atoms with Gasteiger partial charge in [-0.15, -0.1) is 11.3 Å². The molecule has 68 valence electrons. The van der Waals surface area contributed by atoms with Gasteiger partial charge in [-0.3, -0.25) is 9.89 Å². The summed E-state index contributed by atoms with van der Waals surface area (Å²) in [7, 11) is 0. The van der Waals surface area contributed by atoms with Gasteiger partial charge in [0.25, 0.3) is 0 Å². The molecule has 0 aliphatic carbocycles. The smallest absolute Gasteiger partial charge is 0.308 e. The van der Waals surface area contributed by atoms with Crippen molar-refractivity contribution in [1.82, 2.24) is 10.2 Å². The monoisotopic (exact) mass is 196 g/mol. The Morgan fingerprint density at radius 3 is 3.15 bits per heavy atom. The summed E-state index contributed by atoms with van der Waals surface area (Å²) in [5.74, 6) is -0.792. The van der Waals surface area contributed by atoms with Crippen LogP contribution in [0.4, 0.5) is 0 Å². The van der Waals surface area contributed by atoms with Gasteiger partial charge < -0.3 is 5.11 Å². The molecule has 2 heterocycles. The highest BCUT2D eigenvalue weighted by Gasteiger charge is 2.11. The maximum absolute atomic E-state index is 10.5. The first kappa shape index (κ1) is 8.25. The van der Waals surface area contributed by atoms with E-state index in [1.165, 1.54) is 11.3 Å². The molecule has 2 rings (SSSR count). The van der Waals surface area contributed by atoms with Gasteiger partial charge >= 0.3 is 5.97 Å². The third kappa shape index (κ3) is 1.31. The fourth-order valence-electron chi connectivity index (χ4n) is 1.28. The number of hydrogen-bond acceptors (Lipinski definition) is 3. The number of nitrogens with one attached hydrogen (secondary N) is 1. The second-order valence-corrected chi connectivity index (χ2v) is 3.94. The van der Waals surface area contributed by atoms with Crippen LogP contribution in [-0.2, 0) is 11.2 Å². The van der Waals surface area contributed by atoms with Gasteiger partial charge in [-0.2, -0.15) is 5.10 Å². The van der Waals surface area contributed by atoms with Crippen LogP contribution in [0.15, 0.2) is 6.20 Å². The van der Waals surface area contributed by atoms with Crippen LogP contribution < -0.4 is 0 Å². The molecular weight excluding hydrogens is 188 g/mol. The minimum absolute atomic E-state index is 0.0962. The van der Waals surface area contributed by atoms with Gasteiger partial charge in [0.05, 0.1) is 12.6 Å². The molecule has 0 aromatic carbocycles. The molecule has 2 aromatic rings. The molecule has 0 saturated heterocycles. The quantitative estimate of drug-likeness (QED) is 0.766. The van der Waals surface area contributed by atoms with Crippen LogP contribution >= 0.6 is 11.3 Å². The van der Waals surface area contributed by atoms with Crippen LogP contribution in [0.5, 0.6) is 0 Å². The zero-order valence-corrected chi connectivity index (χ0v) is 7.81. The summed E-state index contributed by atoms with van der Waals surface area (Å²) >= 11 is 1.46. The molecule has 0 spiro atoms. The Bertz CT molecular complexity index is 458. The molecule has 0 saturated carbocycles. The molecule has 2 aromatic heterocycles. The van der Waals surface area contributed by atoms with Crippen LogP contribution in [0.3, 0.4) is 0 Å². The average molecular weight is 196 g/mol. The van der Waals surface area contributed by atoms with Gasteiger partial charge in [0.1, 0.15) is 4.83 Å². The number of aromatic nitrogens is 2. The van der Waals surface area contributed by atoms with Crippen molar-refractivity contribution >= 4 is 27.5 Å². The zero-order valence-electron chi connectivity index (χ0n) is 7.00. The van der Waals surface area contributed by atoms with Gasteiger partial charge in [-0.1, -0.05) is 0 Å².